The smallest absolute Gasteiger partial charge is 0.227 e. The number of carbonyl (C=O) groups excluding carboxylic acids is 1. The van der Waals surface area contributed by atoms with Crippen LogP contribution in [0.1, 0.15) is 30.0 Å². The number of benzene rings is 2. The Kier molecular flexibility index (Phi) is 6.02. The van der Waals surface area contributed by atoms with E-state index in [1.54, 1.807) is 25.4 Å². The van der Waals surface area contributed by atoms with Crippen molar-refractivity contribution in [3.8, 4) is 17.1 Å². The summed E-state index contributed by atoms with van der Waals surface area (Å²) in [4.78, 5) is 23.9. The average molecular weight is 405 g/mol. The van der Waals surface area contributed by atoms with Crippen molar-refractivity contribution in [3.63, 3.8) is 0 Å². The first-order valence-electron chi connectivity index (χ1n) is 10.1. The lowest BCUT2D eigenvalue weighted by molar-refractivity contribution is -0.131. The minimum absolute atomic E-state index is 0.0655. The normalized spacial score (nSPS) is 16.3. The standard InChI is InChI=1S/C24H24FN3O2/c1-30-21-10-6-18(7-11-21)24-26-13-12-22(27-24)19-3-2-14-28(16-19)23(29)15-17-4-8-20(25)9-5-17/h4-13,19H,2-3,14-16H2,1H3/t19-/m1/s1. The Morgan fingerprint density at radius 2 is 1.90 bits per heavy atom. The molecule has 0 bridgehead atoms. The molecule has 154 valence electrons. The molecule has 0 N–H and O–H groups in total. The van der Waals surface area contributed by atoms with E-state index in [-0.39, 0.29) is 24.1 Å². The van der Waals surface area contributed by atoms with Crippen LogP contribution in [0.15, 0.2) is 60.8 Å². The highest BCUT2D eigenvalue weighted by molar-refractivity contribution is 5.79. The third-order valence-corrected chi connectivity index (χ3v) is 5.49. The predicted octanol–water partition coefficient (Wildman–Crippen LogP) is 4.24. The summed E-state index contributed by atoms with van der Waals surface area (Å²) < 4.78 is 18.3. The van der Waals surface area contributed by atoms with Gasteiger partial charge in [0.25, 0.3) is 0 Å². The fourth-order valence-corrected chi connectivity index (χ4v) is 3.81. The Bertz CT molecular complexity index is 1010. The molecule has 5 nitrogen and oxygen atoms in total. The van der Waals surface area contributed by atoms with Crippen LogP contribution >= 0.6 is 0 Å². The number of piperidine rings is 1. The summed E-state index contributed by atoms with van der Waals surface area (Å²) in [5.41, 5.74) is 2.71. The second-order valence-corrected chi connectivity index (χ2v) is 7.52. The van der Waals surface area contributed by atoms with Gasteiger partial charge >= 0.3 is 0 Å². The first-order chi connectivity index (χ1) is 14.6. The van der Waals surface area contributed by atoms with Crippen molar-refractivity contribution < 1.29 is 13.9 Å². The van der Waals surface area contributed by atoms with E-state index in [0.29, 0.717) is 12.4 Å². The van der Waals surface area contributed by atoms with Gasteiger partial charge in [-0.1, -0.05) is 12.1 Å². The quantitative estimate of drug-likeness (QED) is 0.637. The summed E-state index contributed by atoms with van der Waals surface area (Å²) in [5.74, 6) is 1.41. The molecular formula is C24H24FN3O2. The predicted molar refractivity (Wildman–Crippen MR) is 113 cm³/mol. The highest BCUT2D eigenvalue weighted by atomic mass is 19.1. The molecule has 3 aromatic rings. The number of nitrogens with zero attached hydrogens (tertiary/aromatic N) is 3. The molecule has 0 radical (unpaired) electrons. The molecule has 0 saturated carbocycles. The molecule has 30 heavy (non-hydrogen) atoms. The number of aromatic nitrogens is 2. The first-order valence-corrected chi connectivity index (χ1v) is 10.1. The molecule has 1 fully saturated rings. The van der Waals surface area contributed by atoms with E-state index in [4.69, 9.17) is 9.72 Å². The summed E-state index contributed by atoms with van der Waals surface area (Å²) in [6, 6.07) is 15.7. The maximum atomic E-state index is 13.1. The van der Waals surface area contributed by atoms with Gasteiger partial charge in [-0.25, -0.2) is 14.4 Å². The first kappa shape index (κ1) is 20.0. The number of hydrogen-bond donors (Lipinski definition) is 0. The van der Waals surface area contributed by atoms with Crippen LogP contribution in [0.25, 0.3) is 11.4 Å². The lowest BCUT2D eigenvalue weighted by Crippen LogP contribution is -2.40. The van der Waals surface area contributed by atoms with Crippen molar-refractivity contribution in [3.05, 3.63) is 77.9 Å². The number of amides is 1. The number of halogens is 1. The Morgan fingerprint density at radius 3 is 2.63 bits per heavy atom. The van der Waals surface area contributed by atoms with Gasteiger partial charge in [0.2, 0.25) is 5.91 Å². The van der Waals surface area contributed by atoms with E-state index in [1.165, 1.54) is 12.1 Å². The van der Waals surface area contributed by atoms with E-state index in [2.05, 4.69) is 4.98 Å². The molecular weight excluding hydrogens is 381 g/mol. The fourth-order valence-electron chi connectivity index (χ4n) is 3.81. The van der Waals surface area contributed by atoms with Gasteiger partial charge in [-0.2, -0.15) is 0 Å². The molecule has 1 aliphatic rings. The molecule has 1 aromatic heterocycles. The van der Waals surface area contributed by atoms with Gasteiger partial charge < -0.3 is 9.64 Å². The van der Waals surface area contributed by atoms with Crippen LogP contribution in [0.4, 0.5) is 4.39 Å². The number of carbonyl (C=O) groups is 1. The van der Waals surface area contributed by atoms with Crippen molar-refractivity contribution in [2.75, 3.05) is 20.2 Å². The number of methoxy groups -OCH3 is 1. The number of rotatable bonds is 5. The van der Waals surface area contributed by atoms with Gasteiger partial charge in [-0.05, 0) is 60.9 Å². The summed E-state index contributed by atoms with van der Waals surface area (Å²) in [6.45, 7) is 1.38. The second kappa shape index (κ2) is 9.03. The SMILES string of the molecule is COc1ccc(-c2nccc([C@@H]3CCCN(C(=O)Cc4ccc(F)cc4)C3)n2)cc1. The zero-order valence-electron chi connectivity index (χ0n) is 16.9. The van der Waals surface area contributed by atoms with Crippen LogP contribution in [0.3, 0.4) is 0 Å². The van der Waals surface area contributed by atoms with Gasteiger partial charge in [-0.15, -0.1) is 0 Å². The molecule has 0 aliphatic carbocycles. The maximum Gasteiger partial charge on any atom is 0.227 e. The second-order valence-electron chi connectivity index (χ2n) is 7.52. The zero-order valence-corrected chi connectivity index (χ0v) is 16.9. The van der Waals surface area contributed by atoms with Gasteiger partial charge in [-0.3, -0.25) is 4.79 Å². The van der Waals surface area contributed by atoms with Crippen LogP contribution in [-0.2, 0) is 11.2 Å². The van der Waals surface area contributed by atoms with E-state index < -0.39 is 0 Å². The third kappa shape index (κ3) is 4.64. The minimum atomic E-state index is -0.291. The number of ether oxygens (including phenoxy) is 1. The van der Waals surface area contributed by atoms with E-state index in [1.807, 2.05) is 35.2 Å². The highest BCUT2D eigenvalue weighted by Gasteiger charge is 2.26. The van der Waals surface area contributed by atoms with Crippen LogP contribution < -0.4 is 4.74 Å². The van der Waals surface area contributed by atoms with Crippen molar-refractivity contribution >= 4 is 5.91 Å². The topological polar surface area (TPSA) is 55.3 Å². The van der Waals surface area contributed by atoms with E-state index in [9.17, 15) is 9.18 Å². The van der Waals surface area contributed by atoms with Crippen molar-refractivity contribution in [1.29, 1.82) is 0 Å². The van der Waals surface area contributed by atoms with Crippen LogP contribution in [-0.4, -0.2) is 41.0 Å². The van der Waals surface area contributed by atoms with Crippen molar-refractivity contribution in [1.82, 2.24) is 14.9 Å². The Morgan fingerprint density at radius 1 is 1.13 bits per heavy atom. The van der Waals surface area contributed by atoms with Crippen molar-refractivity contribution in [2.24, 2.45) is 0 Å². The summed E-state index contributed by atoms with van der Waals surface area (Å²) in [6.07, 6.45) is 3.98. The Balaban J connectivity index is 1.46. The van der Waals surface area contributed by atoms with Crippen LogP contribution in [0.2, 0.25) is 0 Å². The highest BCUT2D eigenvalue weighted by Crippen LogP contribution is 2.28. The lowest BCUT2D eigenvalue weighted by Gasteiger charge is -2.32. The van der Waals surface area contributed by atoms with Crippen LogP contribution in [0, 0.1) is 5.82 Å². The van der Waals surface area contributed by atoms with E-state index >= 15 is 0 Å². The molecule has 2 heterocycles. The molecule has 1 saturated heterocycles. The molecule has 0 unspecified atom stereocenters. The van der Waals surface area contributed by atoms with Crippen molar-refractivity contribution in [2.45, 2.75) is 25.2 Å². The lowest BCUT2D eigenvalue weighted by atomic mass is 9.94. The largest absolute Gasteiger partial charge is 0.497 e. The van der Waals surface area contributed by atoms with Gasteiger partial charge in [0.05, 0.1) is 13.5 Å². The number of hydrogen-bond acceptors (Lipinski definition) is 4. The Hall–Kier alpha value is -3.28. The molecule has 1 atom stereocenters. The monoisotopic (exact) mass is 405 g/mol. The summed E-state index contributed by atoms with van der Waals surface area (Å²) >= 11 is 0. The van der Waals surface area contributed by atoms with E-state index in [0.717, 1.165) is 42.0 Å². The molecule has 1 amide bonds. The Labute approximate surface area is 175 Å². The third-order valence-electron chi connectivity index (χ3n) is 5.49. The van der Waals surface area contributed by atoms with Gasteiger partial charge in [0.1, 0.15) is 11.6 Å². The molecule has 4 rings (SSSR count). The van der Waals surface area contributed by atoms with Gasteiger partial charge in [0.15, 0.2) is 5.82 Å². The molecule has 2 aromatic carbocycles. The maximum absolute atomic E-state index is 13.1. The summed E-state index contributed by atoms with van der Waals surface area (Å²) in [5, 5.41) is 0. The fraction of sp³-hybridized carbons (Fsp3) is 0.292. The molecule has 1 aliphatic heterocycles. The molecule has 0 spiro atoms. The minimum Gasteiger partial charge on any atom is -0.497 e. The average Bonchev–Trinajstić information content (AvgIpc) is 2.81. The number of likely N-dealkylation sites (tertiary alicyclic amines) is 1. The summed E-state index contributed by atoms with van der Waals surface area (Å²) in [7, 11) is 1.64. The van der Waals surface area contributed by atoms with Crippen LogP contribution in [0.5, 0.6) is 5.75 Å². The molecule has 6 heteroatoms. The van der Waals surface area contributed by atoms with Gasteiger partial charge in [0, 0.05) is 36.5 Å². The zero-order chi connectivity index (χ0) is 20.9.